The van der Waals surface area contributed by atoms with Gasteiger partial charge in [-0.15, -0.1) is 0 Å². The van der Waals surface area contributed by atoms with Crippen molar-refractivity contribution >= 4 is 11.6 Å². The first kappa shape index (κ1) is 11.9. The first-order valence-corrected chi connectivity index (χ1v) is 6.15. The molecule has 0 bridgehead atoms. The first-order valence-electron chi connectivity index (χ1n) is 5.77. The van der Waals surface area contributed by atoms with Crippen LogP contribution in [0.4, 0.5) is 0 Å². The molecule has 1 saturated heterocycles. The lowest BCUT2D eigenvalue weighted by molar-refractivity contribution is 0.0644. The van der Waals surface area contributed by atoms with E-state index in [1.165, 1.54) is 5.56 Å². The maximum atomic E-state index is 5.85. The number of benzene rings is 1. The Hall–Kier alpha value is -0.570. The van der Waals surface area contributed by atoms with Crippen LogP contribution in [0.2, 0.25) is 5.02 Å². The molecule has 0 aliphatic carbocycles. The van der Waals surface area contributed by atoms with E-state index >= 15 is 0 Å². The molecule has 0 radical (unpaired) electrons. The standard InChI is InChI=1S/C13H18ClNO/c1-9(2)13-15-12(8-16-13)7-10-3-5-11(14)6-4-10/h3-6,9,12-13,15H,7-8H2,1-2H3/t12-,13?/m0/s1. The quantitative estimate of drug-likeness (QED) is 0.876. The number of rotatable bonds is 3. The van der Waals surface area contributed by atoms with E-state index in [4.69, 9.17) is 16.3 Å². The molecule has 3 heteroatoms. The van der Waals surface area contributed by atoms with Crippen LogP contribution >= 0.6 is 11.6 Å². The highest BCUT2D eigenvalue weighted by Crippen LogP contribution is 2.16. The molecule has 1 aromatic rings. The normalized spacial score (nSPS) is 25.2. The smallest absolute Gasteiger partial charge is 0.110 e. The van der Waals surface area contributed by atoms with Gasteiger partial charge in [0.15, 0.2) is 0 Å². The van der Waals surface area contributed by atoms with Crippen LogP contribution in [0.25, 0.3) is 0 Å². The van der Waals surface area contributed by atoms with Crippen molar-refractivity contribution < 1.29 is 4.74 Å². The van der Waals surface area contributed by atoms with Gasteiger partial charge in [-0.2, -0.15) is 0 Å². The van der Waals surface area contributed by atoms with E-state index in [1.807, 2.05) is 12.1 Å². The van der Waals surface area contributed by atoms with Crippen LogP contribution < -0.4 is 5.32 Å². The van der Waals surface area contributed by atoms with Gasteiger partial charge in [-0.05, 0) is 30.0 Å². The molecule has 0 spiro atoms. The Labute approximate surface area is 102 Å². The molecule has 0 amide bonds. The summed E-state index contributed by atoms with van der Waals surface area (Å²) >= 11 is 5.85. The van der Waals surface area contributed by atoms with E-state index < -0.39 is 0 Å². The van der Waals surface area contributed by atoms with Crippen molar-refractivity contribution in [2.75, 3.05) is 6.61 Å². The highest BCUT2D eigenvalue weighted by molar-refractivity contribution is 6.30. The Kier molecular flexibility index (Phi) is 3.85. The van der Waals surface area contributed by atoms with Crippen molar-refractivity contribution in [2.45, 2.75) is 32.5 Å². The van der Waals surface area contributed by atoms with Crippen LogP contribution in [-0.4, -0.2) is 18.9 Å². The van der Waals surface area contributed by atoms with E-state index in [0.29, 0.717) is 12.0 Å². The molecule has 2 nitrogen and oxygen atoms in total. The molecule has 1 fully saturated rings. The summed E-state index contributed by atoms with van der Waals surface area (Å²) in [6.45, 7) is 5.14. The largest absolute Gasteiger partial charge is 0.361 e. The van der Waals surface area contributed by atoms with Gasteiger partial charge in [0.1, 0.15) is 6.23 Å². The fourth-order valence-electron chi connectivity index (χ4n) is 1.96. The van der Waals surface area contributed by atoms with Crippen molar-refractivity contribution in [3.05, 3.63) is 34.9 Å². The third kappa shape index (κ3) is 2.97. The van der Waals surface area contributed by atoms with Crippen molar-refractivity contribution in [3.8, 4) is 0 Å². The minimum absolute atomic E-state index is 0.206. The Balaban J connectivity index is 1.89. The summed E-state index contributed by atoms with van der Waals surface area (Å²) in [5.74, 6) is 0.523. The zero-order valence-corrected chi connectivity index (χ0v) is 10.5. The molecular formula is C13H18ClNO. The number of halogens is 1. The molecule has 2 rings (SSSR count). The van der Waals surface area contributed by atoms with Crippen molar-refractivity contribution in [3.63, 3.8) is 0 Å². The van der Waals surface area contributed by atoms with Gasteiger partial charge < -0.3 is 4.74 Å². The van der Waals surface area contributed by atoms with E-state index in [-0.39, 0.29) is 6.23 Å². The molecule has 2 atom stereocenters. The summed E-state index contributed by atoms with van der Waals surface area (Å²) < 4.78 is 5.69. The van der Waals surface area contributed by atoms with Crippen molar-refractivity contribution in [1.29, 1.82) is 0 Å². The maximum Gasteiger partial charge on any atom is 0.110 e. The second kappa shape index (κ2) is 5.17. The summed E-state index contributed by atoms with van der Waals surface area (Å²) in [6, 6.07) is 8.45. The van der Waals surface area contributed by atoms with E-state index in [0.717, 1.165) is 18.1 Å². The van der Waals surface area contributed by atoms with E-state index in [2.05, 4.69) is 31.3 Å². The average molecular weight is 240 g/mol. The first-order chi connectivity index (χ1) is 7.65. The minimum Gasteiger partial charge on any atom is -0.361 e. The number of ether oxygens (including phenoxy) is 1. The highest BCUT2D eigenvalue weighted by Gasteiger charge is 2.26. The fraction of sp³-hybridized carbons (Fsp3) is 0.538. The lowest BCUT2D eigenvalue weighted by Crippen LogP contribution is -2.35. The summed E-state index contributed by atoms with van der Waals surface area (Å²) in [5, 5.41) is 4.29. The molecule has 1 N–H and O–H groups in total. The van der Waals surface area contributed by atoms with Gasteiger partial charge in [0.25, 0.3) is 0 Å². The molecule has 0 saturated carbocycles. The Morgan fingerprint density at radius 3 is 2.62 bits per heavy atom. The van der Waals surface area contributed by atoms with Crippen LogP contribution in [0.1, 0.15) is 19.4 Å². The topological polar surface area (TPSA) is 21.3 Å². The van der Waals surface area contributed by atoms with E-state index in [9.17, 15) is 0 Å². The number of hydrogen-bond acceptors (Lipinski definition) is 2. The van der Waals surface area contributed by atoms with Crippen LogP contribution in [0, 0.1) is 5.92 Å². The van der Waals surface area contributed by atoms with Crippen molar-refractivity contribution in [1.82, 2.24) is 5.32 Å². The van der Waals surface area contributed by atoms with Crippen LogP contribution in [0.15, 0.2) is 24.3 Å². The second-order valence-corrected chi connectivity index (χ2v) is 5.13. The summed E-state index contributed by atoms with van der Waals surface area (Å²) in [5.41, 5.74) is 1.30. The Morgan fingerprint density at radius 1 is 1.38 bits per heavy atom. The van der Waals surface area contributed by atoms with Crippen molar-refractivity contribution in [2.24, 2.45) is 5.92 Å². The van der Waals surface area contributed by atoms with Gasteiger partial charge in [-0.3, -0.25) is 5.32 Å². The second-order valence-electron chi connectivity index (χ2n) is 4.69. The Morgan fingerprint density at radius 2 is 2.06 bits per heavy atom. The average Bonchev–Trinajstić information content (AvgIpc) is 2.70. The van der Waals surface area contributed by atoms with Gasteiger partial charge in [-0.1, -0.05) is 37.6 Å². The predicted octanol–water partition coefficient (Wildman–Crippen LogP) is 2.85. The molecule has 88 valence electrons. The minimum atomic E-state index is 0.206. The molecule has 1 aliphatic rings. The third-order valence-electron chi connectivity index (χ3n) is 2.88. The van der Waals surface area contributed by atoms with Crippen LogP contribution in [0.5, 0.6) is 0 Å². The molecule has 16 heavy (non-hydrogen) atoms. The van der Waals surface area contributed by atoms with E-state index in [1.54, 1.807) is 0 Å². The molecule has 0 aromatic heterocycles. The Bertz CT molecular complexity index is 336. The fourth-order valence-corrected chi connectivity index (χ4v) is 2.08. The third-order valence-corrected chi connectivity index (χ3v) is 3.13. The molecular weight excluding hydrogens is 222 g/mol. The summed E-state index contributed by atoms with van der Waals surface area (Å²) in [7, 11) is 0. The zero-order valence-electron chi connectivity index (χ0n) is 9.74. The van der Waals surface area contributed by atoms with Gasteiger partial charge in [0, 0.05) is 11.1 Å². The summed E-state index contributed by atoms with van der Waals surface area (Å²) in [4.78, 5) is 0. The molecule has 1 aliphatic heterocycles. The SMILES string of the molecule is CC(C)C1N[C@@H](Cc2ccc(Cl)cc2)CO1. The molecule has 1 heterocycles. The maximum absolute atomic E-state index is 5.85. The summed E-state index contributed by atoms with van der Waals surface area (Å²) in [6.07, 6.45) is 1.21. The number of hydrogen-bond donors (Lipinski definition) is 1. The molecule has 1 unspecified atom stereocenters. The predicted molar refractivity (Wildman–Crippen MR) is 66.7 cm³/mol. The molecule has 1 aromatic carbocycles. The zero-order chi connectivity index (χ0) is 11.5. The van der Waals surface area contributed by atoms with Gasteiger partial charge in [0.05, 0.1) is 6.61 Å². The lowest BCUT2D eigenvalue weighted by Gasteiger charge is -2.15. The van der Waals surface area contributed by atoms with Crippen LogP contribution in [0.3, 0.4) is 0 Å². The highest BCUT2D eigenvalue weighted by atomic mass is 35.5. The van der Waals surface area contributed by atoms with Crippen LogP contribution in [-0.2, 0) is 11.2 Å². The number of nitrogens with one attached hydrogen (secondary N) is 1. The lowest BCUT2D eigenvalue weighted by atomic mass is 10.1. The van der Waals surface area contributed by atoms with Gasteiger partial charge in [0.2, 0.25) is 0 Å². The van der Waals surface area contributed by atoms with Gasteiger partial charge >= 0.3 is 0 Å². The van der Waals surface area contributed by atoms with Gasteiger partial charge in [-0.25, -0.2) is 0 Å². The monoisotopic (exact) mass is 239 g/mol.